The van der Waals surface area contributed by atoms with Crippen LogP contribution >= 0.6 is 0 Å². The minimum atomic E-state index is -3.57. The lowest BCUT2D eigenvalue weighted by molar-refractivity contribution is 0.386. The molecule has 1 aliphatic rings. The maximum Gasteiger partial charge on any atom is 0.243 e. The van der Waals surface area contributed by atoms with E-state index in [1.807, 2.05) is 30.3 Å². The summed E-state index contributed by atoms with van der Waals surface area (Å²) in [6.07, 6.45) is 2.30. The van der Waals surface area contributed by atoms with E-state index < -0.39 is 10.0 Å². The van der Waals surface area contributed by atoms with Crippen molar-refractivity contribution in [2.45, 2.75) is 17.9 Å². The molecule has 0 saturated heterocycles. The Morgan fingerprint density at radius 3 is 2.48 bits per heavy atom. The van der Waals surface area contributed by atoms with E-state index in [1.54, 1.807) is 37.6 Å². The Labute approximate surface area is 158 Å². The van der Waals surface area contributed by atoms with Gasteiger partial charge in [0.15, 0.2) is 5.82 Å². The van der Waals surface area contributed by atoms with E-state index in [0.29, 0.717) is 24.5 Å². The van der Waals surface area contributed by atoms with Crippen LogP contribution in [0, 0.1) is 0 Å². The monoisotopic (exact) mass is 381 g/mol. The molecule has 27 heavy (non-hydrogen) atoms. The van der Waals surface area contributed by atoms with E-state index >= 15 is 0 Å². The van der Waals surface area contributed by atoms with Gasteiger partial charge >= 0.3 is 0 Å². The Balaban J connectivity index is 1.59. The molecule has 0 bridgehead atoms. The topological polar surface area (TPSA) is 72.4 Å². The molecule has 1 aromatic heterocycles. The minimum absolute atomic E-state index is 0.258. The first-order chi connectivity index (χ1) is 13.1. The quantitative estimate of drug-likeness (QED) is 0.695. The van der Waals surface area contributed by atoms with Crippen LogP contribution in [0.2, 0.25) is 0 Å². The van der Waals surface area contributed by atoms with Crippen molar-refractivity contribution in [3.05, 3.63) is 72.1 Å². The Morgan fingerprint density at radius 1 is 1.04 bits per heavy atom. The van der Waals surface area contributed by atoms with Crippen LogP contribution < -0.4 is 4.74 Å². The number of rotatable bonds is 4. The van der Waals surface area contributed by atoms with Gasteiger partial charge in [0.05, 0.1) is 17.7 Å². The molecule has 3 aromatic rings. The first-order valence-corrected chi connectivity index (χ1v) is 10.1. The maximum atomic E-state index is 12.9. The molecule has 138 valence electrons. The molecule has 2 aromatic carbocycles. The zero-order valence-electron chi connectivity index (χ0n) is 14.9. The number of nitrogens with zero attached hydrogens (tertiary/aromatic N) is 3. The number of hydrogen-bond donors (Lipinski definition) is 0. The average molecular weight is 381 g/mol. The zero-order chi connectivity index (χ0) is 18.9. The normalized spacial score (nSPS) is 14.6. The molecule has 0 aliphatic carbocycles. The molecule has 0 spiro atoms. The predicted molar refractivity (Wildman–Crippen MR) is 102 cm³/mol. The van der Waals surface area contributed by atoms with Gasteiger partial charge in [-0.05, 0) is 24.3 Å². The number of aromatic nitrogens is 2. The van der Waals surface area contributed by atoms with E-state index in [9.17, 15) is 8.42 Å². The summed E-state index contributed by atoms with van der Waals surface area (Å²) >= 11 is 0. The van der Waals surface area contributed by atoms with Crippen LogP contribution in [0.15, 0.2) is 65.7 Å². The number of fused-ring (bicyclic) bond motifs is 1. The van der Waals surface area contributed by atoms with Crippen molar-refractivity contribution in [1.82, 2.24) is 14.3 Å². The molecule has 0 atom stereocenters. The average Bonchev–Trinajstić information content (AvgIpc) is 2.73. The second-order valence-electron chi connectivity index (χ2n) is 6.30. The molecule has 0 amide bonds. The summed E-state index contributed by atoms with van der Waals surface area (Å²) in [4.78, 5) is 9.33. The molecule has 0 radical (unpaired) electrons. The molecular weight excluding hydrogens is 362 g/mol. The maximum absolute atomic E-state index is 12.9. The number of ether oxygens (including phenoxy) is 1. The summed E-state index contributed by atoms with van der Waals surface area (Å²) in [6.45, 7) is 0.672. The van der Waals surface area contributed by atoms with E-state index in [1.165, 1.54) is 4.31 Å². The first-order valence-electron chi connectivity index (χ1n) is 8.62. The lowest BCUT2D eigenvalue weighted by Crippen LogP contribution is -2.36. The molecule has 2 heterocycles. The van der Waals surface area contributed by atoms with Gasteiger partial charge in [-0.2, -0.15) is 4.31 Å². The second-order valence-corrected chi connectivity index (χ2v) is 8.23. The lowest BCUT2D eigenvalue weighted by atomic mass is 10.1. The van der Waals surface area contributed by atoms with Gasteiger partial charge in [-0.25, -0.2) is 18.4 Å². The second kappa shape index (κ2) is 7.09. The molecule has 0 unspecified atom stereocenters. The number of sulfonamides is 1. The number of hydrogen-bond acceptors (Lipinski definition) is 5. The highest BCUT2D eigenvalue weighted by atomic mass is 32.2. The Bertz CT molecular complexity index is 1050. The van der Waals surface area contributed by atoms with E-state index in [0.717, 1.165) is 16.8 Å². The summed E-state index contributed by atoms with van der Waals surface area (Å²) in [5.74, 6) is 1.29. The van der Waals surface area contributed by atoms with Crippen molar-refractivity contribution in [2.75, 3.05) is 13.7 Å². The first kappa shape index (κ1) is 17.6. The Hall–Kier alpha value is -2.77. The van der Waals surface area contributed by atoms with Gasteiger partial charge in [-0.3, -0.25) is 0 Å². The van der Waals surface area contributed by atoms with Crippen LogP contribution in [-0.2, 0) is 23.0 Å². The highest BCUT2D eigenvalue weighted by Gasteiger charge is 2.29. The summed E-state index contributed by atoms with van der Waals surface area (Å²) in [6, 6.07) is 16.2. The van der Waals surface area contributed by atoms with Gasteiger partial charge in [0.1, 0.15) is 5.75 Å². The summed E-state index contributed by atoms with van der Waals surface area (Å²) in [5, 5.41) is 0. The third kappa shape index (κ3) is 3.43. The summed E-state index contributed by atoms with van der Waals surface area (Å²) in [5.41, 5.74) is 2.71. The summed E-state index contributed by atoms with van der Waals surface area (Å²) < 4.78 is 32.4. The highest BCUT2D eigenvalue weighted by Crippen LogP contribution is 2.26. The highest BCUT2D eigenvalue weighted by molar-refractivity contribution is 7.89. The fourth-order valence-corrected chi connectivity index (χ4v) is 4.54. The van der Waals surface area contributed by atoms with Crippen LogP contribution in [0.4, 0.5) is 0 Å². The standard InChI is InChI=1S/C20H19N3O3S/c1-26-17-7-9-18(10-8-17)27(24,25)23-12-11-19-16(14-23)13-21-20(22-19)15-5-3-2-4-6-15/h2-10,13H,11-12,14H2,1H3. The zero-order valence-corrected chi connectivity index (χ0v) is 15.7. The van der Waals surface area contributed by atoms with Gasteiger partial charge in [0.2, 0.25) is 10.0 Å². The lowest BCUT2D eigenvalue weighted by Gasteiger charge is -2.27. The minimum Gasteiger partial charge on any atom is -0.497 e. The molecule has 1 aliphatic heterocycles. The molecule has 6 nitrogen and oxygen atoms in total. The van der Waals surface area contributed by atoms with E-state index in [4.69, 9.17) is 4.74 Å². The Morgan fingerprint density at radius 2 is 1.78 bits per heavy atom. The third-order valence-electron chi connectivity index (χ3n) is 4.63. The van der Waals surface area contributed by atoms with Gasteiger partial charge in [0.25, 0.3) is 0 Å². The number of methoxy groups -OCH3 is 1. The van der Waals surface area contributed by atoms with E-state index in [-0.39, 0.29) is 11.4 Å². The molecule has 7 heteroatoms. The molecule has 0 N–H and O–H groups in total. The van der Waals surface area contributed by atoms with Crippen LogP contribution in [0.25, 0.3) is 11.4 Å². The fraction of sp³-hybridized carbons (Fsp3) is 0.200. The smallest absolute Gasteiger partial charge is 0.243 e. The van der Waals surface area contributed by atoms with Crippen LogP contribution in [-0.4, -0.2) is 36.3 Å². The Kier molecular flexibility index (Phi) is 4.63. The largest absolute Gasteiger partial charge is 0.497 e. The van der Waals surface area contributed by atoms with Crippen molar-refractivity contribution >= 4 is 10.0 Å². The van der Waals surface area contributed by atoms with Crippen molar-refractivity contribution in [3.63, 3.8) is 0 Å². The number of benzene rings is 2. The molecular formula is C20H19N3O3S. The predicted octanol–water partition coefficient (Wildman–Crippen LogP) is 2.90. The third-order valence-corrected chi connectivity index (χ3v) is 6.49. The fourth-order valence-electron chi connectivity index (χ4n) is 3.12. The van der Waals surface area contributed by atoms with Gasteiger partial charge in [0, 0.05) is 36.8 Å². The van der Waals surface area contributed by atoms with Crippen molar-refractivity contribution < 1.29 is 13.2 Å². The van der Waals surface area contributed by atoms with E-state index in [2.05, 4.69) is 9.97 Å². The van der Waals surface area contributed by atoms with Crippen molar-refractivity contribution in [2.24, 2.45) is 0 Å². The van der Waals surface area contributed by atoms with Crippen LogP contribution in [0.1, 0.15) is 11.3 Å². The molecule has 4 rings (SSSR count). The van der Waals surface area contributed by atoms with Crippen molar-refractivity contribution in [1.29, 1.82) is 0 Å². The van der Waals surface area contributed by atoms with Crippen molar-refractivity contribution in [3.8, 4) is 17.1 Å². The van der Waals surface area contributed by atoms with Gasteiger partial charge in [-0.15, -0.1) is 0 Å². The van der Waals surface area contributed by atoms with Crippen LogP contribution in [0.5, 0.6) is 5.75 Å². The van der Waals surface area contributed by atoms with Crippen LogP contribution in [0.3, 0.4) is 0 Å². The van der Waals surface area contributed by atoms with Gasteiger partial charge < -0.3 is 4.74 Å². The van der Waals surface area contributed by atoms with Gasteiger partial charge in [-0.1, -0.05) is 30.3 Å². The SMILES string of the molecule is COc1ccc(S(=O)(=O)N2CCc3nc(-c4ccccc4)ncc3C2)cc1. The molecule has 0 saturated carbocycles. The molecule has 0 fully saturated rings. The summed E-state index contributed by atoms with van der Waals surface area (Å²) in [7, 11) is -2.02.